The maximum atomic E-state index is 12.4. The van der Waals surface area contributed by atoms with Gasteiger partial charge in [0.05, 0.1) is 12.2 Å². The van der Waals surface area contributed by atoms with E-state index in [1.54, 1.807) is 47.4 Å². The fraction of sp³-hybridized carbons (Fsp3) is 0.238. The van der Waals surface area contributed by atoms with Gasteiger partial charge in [-0.2, -0.15) is 5.10 Å². The van der Waals surface area contributed by atoms with Crippen molar-refractivity contribution in [2.24, 2.45) is 11.8 Å². The smallest absolute Gasteiger partial charge is 0.256 e. The van der Waals surface area contributed by atoms with E-state index in [2.05, 4.69) is 27.6 Å². The van der Waals surface area contributed by atoms with Crippen molar-refractivity contribution in [2.45, 2.75) is 19.9 Å². The number of carbonyl (C=O) groups excluding carboxylic acids is 2. The van der Waals surface area contributed by atoms with Crippen molar-refractivity contribution in [3.05, 3.63) is 72.2 Å². The molecule has 1 fully saturated rings. The predicted octanol–water partition coefficient (Wildman–Crippen LogP) is 3.17. The topological polar surface area (TPSA) is 88.9 Å². The first-order valence-electron chi connectivity index (χ1n) is 9.24. The second-order valence-electron chi connectivity index (χ2n) is 7.06. The molecule has 0 saturated heterocycles. The lowest BCUT2D eigenvalue weighted by Gasteiger charge is -2.06. The van der Waals surface area contributed by atoms with E-state index < -0.39 is 0 Å². The summed E-state index contributed by atoms with van der Waals surface area (Å²) in [5, 5.41) is 10.0. The average Bonchev–Trinajstić information content (AvgIpc) is 3.28. The molecule has 2 amide bonds. The molecule has 7 nitrogen and oxygen atoms in total. The summed E-state index contributed by atoms with van der Waals surface area (Å²) in [6.45, 7) is 2.60. The van der Waals surface area contributed by atoms with Gasteiger partial charge < -0.3 is 10.6 Å². The van der Waals surface area contributed by atoms with Crippen LogP contribution in [-0.4, -0.2) is 26.6 Å². The van der Waals surface area contributed by atoms with Gasteiger partial charge in [-0.3, -0.25) is 19.3 Å². The van der Waals surface area contributed by atoms with Crippen LogP contribution in [0.1, 0.15) is 29.4 Å². The lowest BCUT2D eigenvalue weighted by Crippen LogP contribution is -2.15. The number of nitrogens with zero attached hydrogens (tertiary/aromatic N) is 3. The summed E-state index contributed by atoms with van der Waals surface area (Å²) in [5.41, 5.74) is 2.08. The van der Waals surface area contributed by atoms with Crippen LogP contribution in [0.15, 0.2) is 60.9 Å². The molecule has 0 radical (unpaired) electrons. The summed E-state index contributed by atoms with van der Waals surface area (Å²) in [5.74, 6) is 0.840. The SMILES string of the molecule is CC1CC1C(=O)Nc1ccc(C(=O)Nc2ccn(Cc3ccccn3)n2)cc1. The third-order valence-corrected chi connectivity index (χ3v) is 4.79. The maximum Gasteiger partial charge on any atom is 0.256 e. The number of anilines is 2. The lowest BCUT2D eigenvalue weighted by molar-refractivity contribution is -0.117. The summed E-state index contributed by atoms with van der Waals surface area (Å²) in [4.78, 5) is 28.7. The Kier molecular flexibility index (Phi) is 4.89. The van der Waals surface area contributed by atoms with E-state index >= 15 is 0 Å². The van der Waals surface area contributed by atoms with Crippen molar-refractivity contribution in [2.75, 3.05) is 10.6 Å². The van der Waals surface area contributed by atoms with Crippen LogP contribution in [-0.2, 0) is 11.3 Å². The van der Waals surface area contributed by atoms with Gasteiger partial charge in [0.1, 0.15) is 0 Å². The van der Waals surface area contributed by atoms with Crippen molar-refractivity contribution < 1.29 is 9.59 Å². The second kappa shape index (κ2) is 7.64. The van der Waals surface area contributed by atoms with Gasteiger partial charge in [0.25, 0.3) is 5.91 Å². The Morgan fingerprint density at radius 1 is 1.11 bits per heavy atom. The van der Waals surface area contributed by atoms with E-state index in [0.717, 1.165) is 12.1 Å². The zero-order valence-corrected chi connectivity index (χ0v) is 15.5. The van der Waals surface area contributed by atoms with Gasteiger partial charge >= 0.3 is 0 Å². The number of benzene rings is 1. The van der Waals surface area contributed by atoms with Gasteiger partial charge in [0.2, 0.25) is 5.91 Å². The monoisotopic (exact) mass is 375 g/mol. The van der Waals surface area contributed by atoms with Crippen LogP contribution in [0.25, 0.3) is 0 Å². The molecule has 3 aromatic rings. The largest absolute Gasteiger partial charge is 0.326 e. The number of aromatic nitrogens is 3. The highest BCUT2D eigenvalue weighted by Gasteiger charge is 2.39. The average molecular weight is 375 g/mol. The van der Waals surface area contributed by atoms with Gasteiger partial charge in [0, 0.05) is 35.6 Å². The molecule has 1 aliphatic rings. The number of hydrogen-bond acceptors (Lipinski definition) is 4. The van der Waals surface area contributed by atoms with E-state index in [1.807, 2.05) is 18.2 Å². The van der Waals surface area contributed by atoms with E-state index in [9.17, 15) is 9.59 Å². The highest BCUT2D eigenvalue weighted by molar-refractivity contribution is 6.04. The number of hydrogen-bond donors (Lipinski definition) is 2. The Morgan fingerprint density at radius 2 is 1.89 bits per heavy atom. The molecule has 2 atom stereocenters. The van der Waals surface area contributed by atoms with Crippen molar-refractivity contribution in [1.82, 2.24) is 14.8 Å². The van der Waals surface area contributed by atoms with Crippen LogP contribution >= 0.6 is 0 Å². The molecule has 4 rings (SSSR count). The molecule has 0 spiro atoms. The molecule has 2 unspecified atom stereocenters. The molecule has 0 bridgehead atoms. The number of rotatable bonds is 6. The molecule has 2 N–H and O–H groups in total. The molecule has 0 aliphatic heterocycles. The summed E-state index contributed by atoms with van der Waals surface area (Å²) >= 11 is 0. The number of carbonyl (C=O) groups is 2. The Labute approximate surface area is 162 Å². The zero-order chi connectivity index (χ0) is 19.5. The second-order valence-corrected chi connectivity index (χ2v) is 7.06. The van der Waals surface area contributed by atoms with Gasteiger partial charge in [-0.15, -0.1) is 0 Å². The van der Waals surface area contributed by atoms with E-state index in [-0.39, 0.29) is 17.7 Å². The fourth-order valence-corrected chi connectivity index (χ4v) is 2.99. The van der Waals surface area contributed by atoms with Crippen molar-refractivity contribution in [3.63, 3.8) is 0 Å². The van der Waals surface area contributed by atoms with Gasteiger partial charge in [-0.25, -0.2) is 0 Å². The summed E-state index contributed by atoms with van der Waals surface area (Å²) in [6.07, 6.45) is 4.47. The van der Waals surface area contributed by atoms with Crippen molar-refractivity contribution >= 4 is 23.3 Å². The number of pyridine rings is 1. The molecule has 1 saturated carbocycles. The molecule has 1 aliphatic carbocycles. The Bertz CT molecular complexity index is 982. The highest BCUT2D eigenvalue weighted by atomic mass is 16.2. The molecule has 2 aromatic heterocycles. The first-order chi connectivity index (χ1) is 13.6. The normalized spacial score (nSPS) is 17.8. The molecular weight excluding hydrogens is 354 g/mol. The predicted molar refractivity (Wildman–Crippen MR) is 106 cm³/mol. The van der Waals surface area contributed by atoms with Crippen molar-refractivity contribution in [3.8, 4) is 0 Å². The molecule has 2 heterocycles. The van der Waals surface area contributed by atoms with Gasteiger partial charge in [0.15, 0.2) is 5.82 Å². The summed E-state index contributed by atoms with van der Waals surface area (Å²) in [7, 11) is 0. The molecular formula is C21H21N5O2. The first-order valence-corrected chi connectivity index (χ1v) is 9.24. The van der Waals surface area contributed by atoms with Crippen LogP contribution in [0.2, 0.25) is 0 Å². The van der Waals surface area contributed by atoms with E-state index in [1.165, 1.54) is 0 Å². The Morgan fingerprint density at radius 3 is 2.57 bits per heavy atom. The quantitative estimate of drug-likeness (QED) is 0.693. The fourth-order valence-electron chi connectivity index (χ4n) is 2.99. The minimum atomic E-state index is -0.253. The van der Waals surface area contributed by atoms with Crippen LogP contribution in [0.3, 0.4) is 0 Å². The third-order valence-electron chi connectivity index (χ3n) is 4.79. The van der Waals surface area contributed by atoms with E-state index in [4.69, 9.17) is 0 Å². The number of amides is 2. The highest BCUT2D eigenvalue weighted by Crippen LogP contribution is 2.38. The summed E-state index contributed by atoms with van der Waals surface area (Å²) in [6, 6.07) is 14.3. The molecule has 1 aromatic carbocycles. The van der Waals surface area contributed by atoms with Crippen LogP contribution < -0.4 is 10.6 Å². The maximum absolute atomic E-state index is 12.4. The minimum Gasteiger partial charge on any atom is -0.326 e. The standard InChI is InChI=1S/C21H21N5O2/c1-14-12-18(14)21(28)23-16-7-5-15(6-8-16)20(27)24-19-9-11-26(25-19)13-17-4-2-3-10-22-17/h2-11,14,18H,12-13H2,1H3,(H,23,28)(H,24,25,27). The third kappa shape index (κ3) is 4.25. The Balaban J connectivity index is 1.34. The first kappa shape index (κ1) is 17.9. The van der Waals surface area contributed by atoms with Crippen LogP contribution in [0.5, 0.6) is 0 Å². The zero-order valence-electron chi connectivity index (χ0n) is 15.5. The molecule has 28 heavy (non-hydrogen) atoms. The Hall–Kier alpha value is -3.48. The molecule has 142 valence electrons. The molecule has 7 heteroatoms. The van der Waals surface area contributed by atoms with Crippen LogP contribution in [0.4, 0.5) is 11.5 Å². The minimum absolute atomic E-state index is 0.0446. The van der Waals surface area contributed by atoms with Crippen LogP contribution in [0, 0.1) is 11.8 Å². The lowest BCUT2D eigenvalue weighted by atomic mass is 10.2. The number of nitrogens with one attached hydrogen (secondary N) is 2. The van der Waals surface area contributed by atoms with Gasteiger partial charge in [-0.05, 0) is 48.7 Å². The van der Waals surface area contributed by atoms with E-state index in [0.29, 0.717) is 29.5 Å². The van der Waals surface area contributed by atoms with Crippen molar-refractivity contribution in [1.29, 1.82) is 0 Å². The van der Waals surface area contributed by atoms with Gasteiger partial charge in [-0.1, -0.05) is 13.0 Å². The summed E-state index contributed by atoms with van der Waals surface area (Å²) < 4.78 is 1.72.